The van der Waals surface area contributed by atoms with E-state index in [1.54, 1.807) is 13.8 Å². The lowest BCUT2D eigenvalue weighted by molar-refractivity contribution is -0.118. The molecule has 4 amide bonds. The molecule has 5 aromatic rings. The van der Waals surface area contributed by atoms with Gasteiger partial charge in [-0.1, -0.05) is 70.2 Å². The summed E-state index contributed by atoms with van der Waals surface area (Å²) in [6.07, 6.45) is 4.73. The van der Waals surface area contributed by atoms with Crippen LogP contribution in [-0.4, -0.2) is 67.1 Å². The molecule has 2 atom stereocenters. The molecule has 1 aliphatic carbocycles. The first kappa shape index (κ1) is 47.1. The summed E-state index contributed by atoms with van der Waals surface area (Å²) in [5.41, 5.74) is 7.97. The zero-order valence-electron chi connectivity index (χ0n) is 38.9. The van der Waals surface area contributed by atoms with Crippen LogP contribution in [0.5, 0.6) is 23.0 Å². The number of aromatic nitrogens is 1. The minimum atomic E-state index is -1.00. The van der Waals surface area contributed by atoms with Gasteiger partial charge >= 0.3 is 0 Å². The molecule has 1 aromatic heterocycles. The van der Waals surface area contributed by atoms with Crippen molar-refractivity contribution in [2.75, 3.05) is 37.1 Å². The summed E-state index contributed by atoms with van der Waals surface area (Å²) >= 11 is 0. The second-order valence-corrected chi connectivity index (χ2v) is 16.9. The molecule has 13 heteroatoms. The van der Waals surface area contributed by atoms with E-state index in [4.69, 9.17) is 18.9 Å². The van der Waals surface area contributed by atoms with Crippen LogP contribution in [0.3, 0.4) is 0 Å². The SMILES string of the molecule is CCCOc1c2cccc1Cc1cc3cc(c1OCCC)Cc1cccc(c1OCCC)Cc1cc(cc(c1OCCC)C2)NC(=O)[C@H](C)NC(=O)c1cccc(n1)C(=O)N[C@@H](C)C(=O)N3. The van der Waals surface area contributed by atoms with Crippen LogP contribution in [0.15, 0.2) is 78.9 Å². The lowest BCUT2D eigenvalue weighted by atomic mass is 9.90. The standard InChI is InChI=1S/C53H61N5O8/c1-7-20-63-46-34-14-11-15-35(46)25-39-29-43-31-41(49(39)66-23-10-4)27-37-17-12-16-36(47(37)64-21-8-2)26-40-30-42(28-38(24-34)48(40)65-22-9-3)56-50(59)32(5)54-52(61)44-18-13-19-45(58-44)53(62)55-33(6)51(60)57-43/h11-19,28-33H,7-10,20-27H2,1-6H3,(H,54,61)(H,55,62)(H,56,59)(H,57,60)/t32-,33-/m0/s1. The number of carbonyl (C=O) groups excluding carboxylic acids is 4. The smallest absolute Gasteiger partial charge is 0.270 e. The number of anilines is 2. The Labute approximate surface area is 387 Å². The Hall–Kier alpha value is -6.89. The maximum Gasteiger partial charge on any atom is 0.270 e. The number of ether oxygens (including phenoxy) is 4. The van der Waals surface area contributed by atoms with Crippen LogP contribution in [0.1, 0.15) is 133 Å². The molecule has 0 spiro atoms. The fourth-order valence-electron chi connectivity index (χ4n) is 8.25. The van der Waals surface area contributed by atoms with E-state index in [0.29, 0.717) is 75.0 Å². The van der Waals surface area contributed by atoms with Gasteiger partial charge in [0.05, 0.1) is 26.4 Å². The molecule has 4 aromatic carbocycles. The predicted molar refractivity (Wildman–Crippen MR) is 255 cm³/mol. The Balaban J connectivity index is 1.52. The fraction of sp³-hybridized carbons (Fsp3) is 0.377. The maximum atomic E-state index is 14.0. The number of rotatable bonds is 12. The van der Waals surface area contributed by atoms with Crippen LogP contribution in [-0.2, 0) is 35.3 Å². The first-order valence-corrected chi connectivity index (χ1v) is 23.2. The summed E-state index contributed by atoms with van der Waals surface area (Å²) in [6.45, 7) is 13.3. The van der Waals surface area contributed by atoms with Gasteiger partial charge in [0.25, 0.3) is 11.8 Å². The van der Waals surface area contributed by atoms with Crippen molar-refractivity contribution in [1.29, 1.82) is 0 Å². The molecule has 0 fully saturated rings. The number of fused-ring (bicyclic) bond motifs is 8. The summed E-state index contributed by atoms with van der Waals surface area (Å²) in [5, 5.41) is 11.6. The summed E-state index contributed by atoms with van der Waals surface area (Å²) in [6, 6.07) is 22.5. The molecule has 12 bridgehead atoms. The third kappa shape index (κ3) is 11.1. The summed E-state index contributed by atoms with van der Waals surface area (Å²) < 4.78 is 26.7. The van der Waals surface area contributed by atoms with Crippen LogP contribution >= 0.6 is 0 Å². The molecule has 0 unspecified atom stereocenters. The van der Waals surface area contributed by atoms with Gasteiger partial charge in [0.2, 0.25) is 11.8 Å². The van der Waals surface area contributed by atoms with Gasteiger partial charge in [0.15, 0.2) is 0 Å². The van der Waals surface area contributed by atoms with Gasteiger partial charge in [-0.15, -0.1) is 0 Å². The van der Waals surface area contributed by atoms with Crippen molar-refractivity contribution in [2.24, 2.45) is 0 Å². The molecule has 13 nitrogen and oxygen atoms in total. The predicted octanol–water partition coefficient (Wildman–Crippen LogP) is 8.74. The Bertz CT molecular complexity index is 2330. The number of carbonyl (C=O) groups is 4. The van der Waals surface area contributed by atoms with Gasteiger partial charge in [0.1, 0.15) is 46.5 Å². The Kier molecular flexibility index (Phi) is 15.6. The number of benzene rings is 4. The number of hydrogen-bond donors (Lipinski definition) is 4. The largest absolute Gasteiger partial charge is 0.493 e. The van der Waals surface area contributed by atoms with Gasteiger partial charge in [-0.05, 0) is 98.2 Å². The number of pyridine rings is 1. The van der Waals surface area contributed by atoms with Gasteiger partial charge < -0.3 is 40.2 Å². The van der Waals surface area contributed by atoms with E-state index >= 15 is 0 Å². The topological polar surface area (TPSA) is 166 Å². The molecule has 3 heterocycles. The van der Waals surface area contributed by atoms with Crippen LogP contribution in [0.25, 0.3) is 0 Å². The number of nitrogens with one attached hydrogen (secondary N) is 4. The van der Waals surface area contributed by atoms with Crippen LogP contribution in [0.2, 0.25) is 0 Å². The molecule has 0 radical (unpaired) electrons. The van der Waals surface area contributed by atoms with Crippen LogP contribution in [0, 0.1) is 0 Å². The highest BCUT2D eigenvalue weighted by Gasteiger charge is 2.26. The van der Waals surface area contributed by atoms with Crippen molar-refractivity contribution in [2.45, 2.75) is 105 Å². The first-order chi connectivity index (χ1) is 32.0. The molecule has 2 aliphatic heterocycles. The average molecular weight is 896 g/mol. The zero-order valence-corrected chi connectivity index (χ0v) is 38.9. The third-order valence-electron chi connectivity index (χ3n) is 11.4. The Morgan fingerprint density at radius 3 is 1.05 bits per heavy atom. The van der Waals surface area contributed by atoms with Crippen LogP contribution in [0.4, 0.5) is 11.4 Å². The number of nitrogens with zero attached hydrogens (tertiary/aromatic N) is 1. The molecular formula is C53H61N5O8. The van der Waals surface area contributed by atoms with Crippen molar-refractivity contribution >= 4 is 35.0 Å². The van der Waals surface area contributed by atoms with Crippen molar-refractivity contribution in [3.8, 4) is 23.0 Å². The third-order valence-corrected chi connectivity index (χ3v) is 11.4. The van der Waals surface area contributed by atoms with Crippen molar-refractivity contribution in [1.82, 2.24) is 15.6 Å². The van der Waals surface area contributed by atoms with E-state index < -0.39 is 35.7 Å². The number of amides is 4. The van der Waals surface area contributed by atoms with Crippen molar-refractivity contribution < 1.29 is 38.1 Å². The highest BCUT2D eigenvalue weighted by Crippen LogP contribution is 2.41. The van der Waals surface area contributed by atoms with Gasteiger partial charge in [-0.3, -0.25) is 19.2 Å². The second-order valence-electron chi connectivity index (χ2n) is 16.9. The number of para-hydroxylation sites is 2. The monoisotopic (exact) mass is 895 g/mol. The van der Waals surface area contributed by atoms with E-state index in [1.165, 1.54) is 18.2 Å². The minimum absolute atomic E-state index is 0.0672. The van der Waals surface area contributed by atoms with Gasteiger partial charge in [0, 0.05) is 59.3 Å². The Morgan fingerprint density at radius 2 is 0.742 bits per heavy atom. The molecule has 3 aliphatic rings. The molecule has 4 N–H and O–H groups in total. The normalized spacial score (nSPS) is 16.3. The van der Waals surface area contributed by atoms with E-state index in [9.17, 15) is 19.2 Å². The van der Waals surface area contributed by atoms with Crippen molar-refractivity contribution in [3.63, 3.8) is 0 Å². The number of hydrogen-bond acceptors (Lipinski definition) is 9. The van der Waals surface area contributed by atoms with Crippen LogP contribution < -0.4 is 40.2 Å². The van der Waals surface area contributed by atoms with E-state index in [-0.39, 0.29) is 11.4 Å². The average Bonchev–Trinajstić information content (AvgIpc) is 3.30. The van der Waals surface area contributed by atoms with E-state index in [1.807, 2.05) is 36.4 Å². The maximum absolute atomic E-state index is 14.0. The van der Waals surface area contributed by atoms with Crippen molar-refractivity contribution in [3.05, 3.63) is 135 Å². The fourth-order valence-corrected chi connectivity index (χ4v) is 8.25. The van der Waals surface area contributed by atoms with E-state index in [0.717, 1.165) is 81.7 Å². The molecule has 0 saturated heterocycles. The lowest BCUT2D eigenvalue weighted by Crippen LogP contribution is -2.43. The highest BCUT2D eigenvalue weighted by atomic mass is 16.5. The highest BCUT2D eigenvalue weighted by molar-refractivity contribution is 6.02. The second kappa shape index (κ2) is 21.9. The first-order valence-electron chi connectivity index (χ1n) is 23.2. The van der Waals surface area contributed by atoms with Gasteiger partial charge in [-0.25, -0.2) is 4.98 Å². The molecular weight excluding hydrogens is 835 g/mol. The zero-order chi connectivity index (χ0) is 46.7. The summed E-state index contributed by atoms with van der Waals surface area (Å²) in [5.74, 6) is 0.686. The minimum Gasteiger partial charge on any atom is -0.493 e. The Morgan fingerprint density at radius 1 is 0.455 bits per heavy atom. The molecule has 66 heavy (non-hydrogen) atoms. The lowest BCUT2D eigenvalue weighted by Gasteiger charge is -2.24. The van der Waals surface area contributed by atoms with Gasteiger partial charge in [-0.2, -0.15) is 0 Å². The summed E-state index contributed by atoms with van der Waals surface area (Å²) in [7, 11) is 0. The summed E-state index contributed by atoms with van der Waals surface area (Å²) in [4.78, 5) is 59.4. The van der Waals surface area contributed by atoms with E-state index in [2.05, 4.69) is 78.2 Å². The molecule has 0 saturated carbocycles. The quantitative estimate of drug-likeness (QED) is 0.0940. The molecule has 346 valence electrons. The molecule has 8 rings (SSSR count).